The molecule has 1 saturated heterocycles. The molecule has 2 atom stereocenters. The lowest BCUT2D eigenvalue weighted by Crippen LogP contribution is -2.46. The summed E-state index contributed by atoms with van der Waals surface area (Å²) in [5.41, 5.74) is 0.882. The third-order valence-electron chi connectivity index (χ3n) is 5.22. The van der Waals surface area contributed by atoms with Crippen LogP contribution in [0, 0.1) is 0 Å². The third-order valence-corrected chi connectivity index (χ3v) is 6.19. The van der Waals surface area contributed by atoms with E-state index in [0.29, 0.717) is 6.54 Å². The predicted octanol–water partition coefficient (Wildman–Crippen LogP) is 3.23. The fourth-order valence-corrected chi connectivity index (χ4v) is 4.37. The highest BCUT2D eigenvalue weighted by Crippen LogP contribution is 2.27. The van der Waals surface area contributed by atoms with Gasteiger partial charge in [-0.25, -0.2) is 0 Å². The average molecular weight is 428 g/mol. The van der Waals surface area contributed by atoms with Gasteiger partial charge in [-0.1, -0.05) is 18.2 Å². The minimum atomic E-state index is -0.611. The molecule has 0 saturated carbocycles. The van der Waals surface area contributed by atoms with Crippen LogP contribution in [0.15, 0.2) is 47.9 Å². The number of hydrogen-bond acceptors (Lipinski definition) is 5. The molecule has 0 bridgehead atoms. The second-order valence-corrected chi connectivity index (χ2v) is 8.34. The number of amides is 2. The zero-order valence-corrected chi connectivity index (χ0v) is 18.3. The Labute approximate surface area is 181 Å². The molecule has 1 aliphatic heterocycles. The lowest BCUT2D eigenvalue weighted by molar-refractivity contribution is -0.126. The van der Waals surface area contributed by atoms with Crippen LogP contribution in [-0.4, -0.2) is 49.5 Å². The number of nitrogens with zero attached hydrogens (tertiary/aromatic N) is 1. The highest BCUT2D eigenvalue weighted by atomic mass is 32.1. The molecule has 30 heavy (non-hydrogen) atoms. The molecule has 7 heteroatoms. The number of carbonyl (C=O) groups is 2. The summed E-state index contributed by atoms with van der Waals surface area (Å²) in [6.45, 7) is 4.35. The first-order valence-corrected chi connectivity index (χ1v) is 11.1. The van der Waals surface area contributed by atoms with E-state index in [0.717, 1.165) is 24.4 Å². The Morgan fingerprint density at radius 2 is 1.93 bits per heavy atom. The number of benzene rings is 1. The molecule has 1 fully saturated rings. The maximum Gasteiger partial charge on any atom is 0.244 e. The molecule has 2 N–H and O–H groups in total. The topological polar surface area (TPSA) is 70.7 Å². The SMILES string of the molecule is COc1ccc(/C=C/C(=O)NC(C)C(=O)NCC(c2cccs2)N2CCCC2)cc1. The van der Waals surface area contributed by atoms with E-state index in [-0.39, 0.29) is 17.9 Å². The Morgan fingerprint density at radius 1 is 1.20 bits per heavy atom. The molecule has 1 aromatic heterocycles. The Morgan fingerprint density at radius 3 is 2.57 bits per heavy atom. The number of methoxy groups -OCH3 is 1. The second kappa shape index (κ2) is 10.9. The molecule has 2 amide bonds. The quantitative estimate of drug-likeness (QED) is 0.603. The smallest absolute Gasteiger partial charge is 0.244 e. The lowest BCUT2D eigenvalue weighted by atomic mass is 10.2. The van der Waals surface area contributed by atoms with Gasteiger partial charge in [0.2, 0.25) is 11.8 Å². The van der Waals surface area contributed by atoms with Crippen LogP contribution in [-0.2, 0) is 9.59 Å². The molecule has 6 nitrogen and oxygen atoms in total. The normalized spacial score (nSPS) is 16.3. The van der Waals surface area contributed by atoms with E-state index < -0.39 is 6.04 Å². The molecule has 0 radical (unpaired) electrons. The van der Waals surface area contributed by atoms with E-state index in [1.54, 1.807) is 31.4 Å². The van der Waals surface area contributed by atoms with E-state index in [1.165, 1.54) is 23.8 Å². The van der Waals surface area contributed by atoms with Crippen molar-refractivity contribution in [1.29, 1.82) is 0 Å². The highest BCUT2D eigenvalue weighted by molar-refractivity contribution is 7.10. The van der Waals surface area contributed by atoms with Crippen molar-refractivity contribution in [3.05, 3.63) is 58.3 Å². The molecule has 2 aromatic rings. The maximum atomic E-state index is 12.5. The van der Waals surface area contributed by atoms with Crippen LogP contribution in [0.4, 0.5) is 0 Å². The van der Waals surface area contributed by atoms with E-state index >= 15 is 0 Å². The number of thiophene rings is 1. The maximum absolute atomic E-state index is 12.5. The third kappa shape index (κ3) is 6.18. The molecule has 3 rings (SSSR count). The summed E-state index contributed by atoms with van der Waals surface area (Å²) in [6, 6.07) is 11.1. The van der Waals surface area contributed by atoms with Gasteiger partial charge in [0.05, 0.1) is 13.2 Å². The van der Waals surface area contributed by atoms with Gasteiger partial charge in [-0.3, -0.25) is 14.5 Å². The van der Waals surface area contributed by atoms with Crippen LogP contribution in [0.25, 0.3) is 6.08 Å². The minimum Gasteiger partial charge on any atom is -0.497 e. The lowest BCUT2D eigenvalue weighted by Gasteiger charge is -2.27. The van der Waals surface area contributed by atoms with Gasteiger partial charge in [-0.15, -0.1) is 11.3 Å². The largest absolute Gasteiger partial charge is 0.497 e. The van der Waals surface area contributed by atoms with E-state index in [9.17, 15) is 9.59 Å². The van der Waals surface area contributed by atoms with Gasteiger partial charge < -0.3 is 15.4 Å². The highest BCUT2D eigenvalue weighted by Gasteiger charge is 2.25. The van der Waals surface area contributed by atoms with Crippen molar-refractivity contribution in [2.75, 3.05) is 26.7 Å². The van der Waals surface area contributed by atoms with Crippen LogP contribution in [0.1, 0.15) is 36.2 Å². The van der Waals surface area contributed by atoms with Gasteiger partial charge >= 0.3 is 0 Å². The van der Waals surface area contributed by atoms with E-state index in [1.807, 2.05) is 30.3 Å². The summed E-state index contributed by atoms with van der Waals surface area (Å²) in [6.07, 6.45) is 5.54. The fourth-order valence-electron chi connectivity index (χ4n) is 3.51. The number of nitrogens with one attached hydrogen (secondary N) is 2. The van der Waals surface area contributed by atoms with Crippen LogP contribution in [0.3, 0.4) is 0 Å². The average Bonchev–Trinajstić information content (AvgIpc) is 3.47. The first-order chi connectivity index (χ1) is 14.6. The zero-order chi connectivity index (χ0) is 21.3. The summed E-state index contributed by atoms with van der Waals surface area (Å²) < 4.78 is 5.12. The molecule has 160 valence electrons. The van der Waals surface area contributed by atoms with Gasteiger partial charge in [0, 0.05) is 17.5 Å². The number of ether oxygens (including phenoxy) is 1. The molecule has 2 unspecified atom stereocenters. The first kappa shape index (κ1) is 22.1. The summed E-state index contributed by atoms with van der Waals surface area (Å²) >= 11 is 1.72. The predicted molar refractivity (Wildman–Crippen MR) is 121 cm³/mol. The number of hydrogen-bond donors (Lipinski definition) is 2. The van der Waals surface area contributed by atoms with Gasteiger partial charge in [0.15, 0.2) is 0 Å². The number of carbonyl (C=O) groups excluding carboxylic acids is 2. The zero-order valence-electron chi connectivity index (χ0n) is 17.5. The minimum absolute atomic E-state index is 0.179. The molecule has 0 aliphatic carbocycles. The summed E-state index contributed by atoms with van der Waals surface area (Å²) in [5, 5.41) is 7.81. The first-order valence-electron chi connectivity index (χ1n) is 10.2. The van der Waals surface area contributed by atoms with Crippen LogP contribution >= 0.6 is 11.3 Å². The Balaban J connectivity index is 1.49. The van der Waals surface area contributed by atoms with Crippen molar-refractivity contribution < 1.29 is 14.3 Å². The Bertz CT molecular complexity index is 843. The van der Waals surface area contributed by atoms with Crippen molar-refractivity contribution >= 4 is 29.2 Å². The van der Waals surface area contributed by atoms with Crippen LogP contribution in [0.2, 0.25) is 0 Å². The Kier molecular flexibility index (Phi) is 8.04. The van der Waals surface area contributed by atoms with Crippen LogP contribution in [0.5, 0.6) is 5.75 Å². The van der Waals surface area contributed by atoms with Crippen molar-refractivity contribution in [3.8, 4) is 5.75 Å². The molecular weight excluding hydrogens is 398 g/mol. The summed E-state index contributed by atoms with van der Waals surface area (Å²) in [4.78, 5) is 28.4. The molecular formula is C23H29N3O3S. The molecule has 0 spiro atoms. The van der Waals surface area contributed by atoms with Crippen molar-refractivity contribution in [2.45, 2.75) is 31.8 Å². The van der Waals surface area contributed by atoms with Crippen molar-refractivity contribution in [3.63, 3.8) is 0 Å². The summed E-state index contributed by atoms with van der Waals surface area (Å²) in [5.74, 6) is 0.279. The van der Waals surface area contributed by atoms with E-state index in [4.69, 9.17) is 4.74 Å². The Hall–Kier alpha value is -2.64. The monoisotopic (exact) mass is 427 g/mol. The fraction of sp³-hybridized carbons (Fsp3) is 0.391. The van der Waals surface area contributed by atoms with Gasteiger partial charge in [-0.2, -0.15) is 0 Å². The molecule has 1 aliphatic rings. The van der Waals surface area contributed by atoms with Gasteiger partial charge in [0.1, 0.15) is 11.8 Å². The van der Waals surface area contributed by atoms with Crippen LogP contribution < -0.4 is 15.4 Å². The molecule has 1 aromatic carbocycles. The van der Waals surface area contributed by atoms with E-state index in [2.05, 4.69) is 27.0 Å². The summed E-state index contributed by atoms with van der Waals surface area (Å²) in [7, 11) is 1.61. The number of likely N-dealkylation sites (tertiary alicyclic amines) is 1. The van der Waals surface area contributed by atoms with Crippen molar-refractivity contribution in [2.24, 2.45) is 0 Å². The molecule has 2 heterocycles. The van der Waals surface area contributed by atoms with Crippen molar-refractivity contribution in [1.82, 2.24) is 15.5 Å². The second-order valence-electron chi connectivity index (χ2n) is 7.36. The standard InChI is InChI=1S/C23H29N3O3S/c1-17(25-22(27)12-9-18-7-10-19(29-2)11-8-18)23(28)24-16-20(21-6-5-15-30-21)26-13-3-4-14-26/h5-12,15,17,20H,3-4,13-14,16H2,1-2H3,(H,24,28)(H,25,27)/b12-9+. The van der Waals surface area contributed by atoms with Gasteiger partial charge in [-0.05, 0) is 68.1 Å². The van der Waals surface area contributed by atoms with Gasteiger partial charge in [0.25, 0.3) is 0 Å². The number of rotatable bonds is 9.